The second-order valence-corrected chi connectivity index (χ2v) is 7.54. The molecule has 4 nitrogen and oxygen atoms in total. The molecule has 26 heavy (non-hydrogen) atoms. The Morgan fingerprint density at radius 3 is 2.62 bits per heavy atom. The largest absolute Gasteiger partial charge is 0.324 e. The van der Waals surface area contributed by atoms with Crippen molar-refractivity contribution in [3.05, 3.63) is 64.2 Å². The third-order valence-electron chi connectivity index (χ3n) is 4.75. The van der Waals surface area contributed by atoms with E-state index in [4.69, 9.17) is 11.6 Å². The van der Waals surface area contributed by atoms with E-state index in [1.165, 1.54) is 0 Å². The van der Waals surface area contributed by atoms with Crippen LogP contribution >= 0.6 is 11.6 Å². The van der Waals surface area contributed by atoms with Crippen molar-refractivity contribution in [2.75, 3.05) is 5.32 Å². The quantitative estimate of drug-likeness (QED) is 0.832. The van der Waals surface area contributed by atoms with Gasteiger partial charge in [-0.2, -0.15) is 0 Å². The van der Waals surface area contributed by atoms with Gasteiger partial charge in [-0.25, -0.2) is 0 Å². The number of amides is 2. The van der Waals surface area contributed by atoms with Crippen LogP contribution in [-0.2, 0) is 11.3 Å². The predicted molar refractivity (Wildman–Crippen MR) is 104 cm³/mol. The zero-order valence-electron chi connectivity index (χ0n) is 15.3. The molecule has 2 aromatic rings. The number of nitrogens with zero attached hydrogens (tertiary/aromatic N) is 1. The van der Waals surface area contributed by atoms with Gasteiger partial charge in [0.05, 0.1) is 0 Å². The summed E-state index contributed by atoms with van der Waals surface area (Å²) in [7, 11) is 0. The average molecular weight is 371 g/mol. The van der Waals surface area contributed by atoms with Gasteiger partial charge in [-0.3, -0.25) is 9.59 Å². The van der Waals surface area contributed by atoms with Crippen LogP contribution in [0.25, 0.3) is 0 Å². The summed E-state index contributed by atoms with van der Waals surface area (Å²) in [6.45, 7) is 6.44. The van der Waals surface area contributed by atoms with Crippen molar-refractivity contribution in [2.45, 2.75) is 39.8 Å². The highest BCUT2D eigenvalue weighted by Crippen LogP contribution is 2.28. The summed E-state index contributed by atoms with van der Waals surface area (Å²) in [5.74, 6) is 0.0251. The van der Waals surface area contributed by atoms with Crippen molar-refractivity contribution in [3.8, 4) is 0 Å². The number of carbonyl (C=O) groups excluding carboxylic acids is 2. The molecule has 0 fully saturated rings. The first kappa shape index (κ1) is 18.5. The summed E-state index contributed by atoms with van der Waals surface area (Å²) >= 11 is 6.16. The normalized spacial score (nSPS) is 14.5. The Morgan fingerprint density at radius 1 is 1.19 bits per heavy atom. The Balaban J connectivity index is 1.86. The summed E-state index contributed by atoms with van der Waals surface area (Å²) in [5.41, 5.74) is 3.16. The van der Waals surface area contributed by atoms with Gasteiger partial charge in [0.15, 0.2) is 0 Å². The lowest BCUT2D eigenvalue weighted by Crippen LogP contribution is -2.45. The molecule has 0 spiro atoms. The molecule has 136 valence electrons. The van der Waals surface area contributed by atoms with Gasteiger partial charge in [-0.05, 0) is 48.6 Å². The highest BCUT2D eigenvalue weighted by molar-refractivity contribution is 6.31. The molecule has 1 atom stereocenters. The van der Waals surface area contributed by atoms with Crippen LogP contribution in [0.1, 0.15) is 41.8 Å². The molecule has 0 aliphatic carbocycles. The number of hydrogen-bond donors (Lipinski definition) is 1. The minimum absolute atomic E-state index is 0.0794. The number of benzene rings is 2. The first-order valence-electron chi connectivity index (χ1n) is 8.83. The van der Waals surface area contributed by atoms with Crippen LogP contribution in [-0.4, -0.2) is 22.8 Å². The van der Waals surface area contributed by atoms with Crippen LogP contribution in [0.2, 0.25) is 5.02 Å². The maximum absolute atomic E-state index is 13.0. The van der Waals surface area contributed by atoms with Crippen LogP contribution in [0.3, 0.4) is 0 Å². The van der Waals surface area contributed by atoms with E-state index in [0.29, 0.717) is 29.2 Å². The third-order valence-corrected chi connectivity index (χ3v) is 5.16. The van der Waals surface area contributed by atoms with Crippen molar-refractivity contribution >= 4 is 29.1 Å². The maximum Gasteiger partial charge on any atom is 0.255 e. The van der Waals surface area contributed by atoms with E-state index in [9.17, 15) is 9.59 Å². The molecule has 0 saturated heterocycles. The number of anilines is 1. The minimum Gasteiger partial charge on any atom is -0.324 e. The summed E-state index contributed by atoms with van der Waals surface area (Å²) < 4.78 is 0. The lowest BCUT2D eigenvalue weighted by molar-refractivity contribution is -0.121. The minimum atomic E-state index is -0.520. The van der Waals surface area contributed by atoms with Crippen LogP contribution in [0.4, 0.5) is 5.69 Å². The molecule has 1 N–H and O–H groups in total. The lowest BCUT2D eigenvalue weighted by Gasteiger charge is -2.28. The number of nitrogens with one attached hydrogen (secondary N) is 1. The Bertz CT molecular complexity index is 848. The van der Waals surface area contributed by atoms with Crippen LogP contribution in [0.5, 0.6) is 0 Å². The molecular weight excluding hydrogens is 348 g/mol. The van der Waals surface area contributed by atoms with E-state index >= 15 is 0 Å². The van der Waals surface area contributed by atoms with Crippen molar-refractivity contribution < 1.29 is 9.59 Å². The molecule has 2 aromatic carbocycles. The highest BCUT2D eigenvalue weighted by Gasteiger charge is 2.36. The first-order valence-corrected chi connectivity index (χ1v) is 9.21. The molecule has 5 heteroatoms. The second kappa shape index (κ2) is 7.50. The zero-order chi connectivity index (χ0) is 18.8. The molecule has 2 amide bonds. The van der Waals surface area contributed by atoms with E-state index in [0.717, 1.165) is 11.1 Å². The molecule has 0 aromatic heterocycles. The fraction of sp³-hybridized carbons (Fsp3) is 0.333. The molecule has 0 unspecified atom stereocenters. The van der Waals surface area contributed by atoms with Gasteiger partial charge in [-0.15, -0.1) is 0 Å². The topological polar surface area (TPSA) is 49.4 Å². The summed E-state index contributed by atoms with van der Waals surface area (Å²) in [6, 6.07) is 12.4. The Labute approximate surface area is 159 Å². The zero-order valence-corrected chi connectivity index (χ0v) is 16.0. The fourth-order valence-corrected chi connectivity index (χ4v) is 3.48. The highest BCUT2D eigenvalue weighted by atomic mass is 35.5. The van der Waals surface area contributed by atoms with Crippen molar-refractivity contribution in [1.82, 2.24) is 4.90 Å². The summed E-state index contributed by atoms with van der Waals surface area (Å²) in [5, 5.41) is 3.57. The van der Waals surface area contributed by atoms with Crippen molar-refractivity contribution in [2.24, 2.45) is 5.92 Å². The van der Waals surface area contributed by atoms with E-state index in [1.807, 2.05) is 37.3 Å². The van der Waals surface area contributed by atoms with Gasteiger partial charge < -0.3 is 10.2 Å². The average Bonchev–Trinajstić information content (AvgIpc) is 2.93. The van der Waals surface area contributed by atoms with Crippen LogP contribution in [0, 0.1) is 12.8 Å². The van der Waals surface area contributed by atoms with Gasteiger partial charge in [0.25, 0.3) is 5.91 Å². The van der Waals surface area contributed by atoms with E-state index in [-0.39, 0.29) is 17.7 Å². The fourth-order valence-electron chi connectivity index (χ4n) is 3.31. The number of rotatable bonds is 5. The molecule has 0 saturated carbocycles. The van der Waals surface area contributed by atoms with Gasteiger partial charge in [0.2, 0.25) is 5.91 Å². The Kier molecular flexibility index (Phi) is 5.33. The third kappa shape index (κ3) is 3.61. The Hall–Kier alpha value is -2.33. The molecule has 0 radical (unpaired) electrons. The summed E-state index contributed by atoms with van der Waals surface area (Å²) in [4.78, 5) is 27.6. The van der Waals surface area contributed by atoms with Gasteiger partial charge >= 0.3 is 0 Å². The monoisotopic (exact) mass is 370 g/mol. The number of halogens is 1. The van der Waals surface area contributed by atoms with E-state index in [1.54, 1.807) is 17.0 Å². The van der Waals surface area contributed by atoms with Gasteiger partial charge in [0, 0.05) is 22.8 Å². The molecule has 1 heterocycles. The van der Waals surface area contributed by atoms with E-state index in [2.05, 4.69) is 19.2 Å². The van der Waals surface area contributed by atoms with Crippen molar-refractivity contribution in [1.29, 1.82) is 0 Å². The first-order chi connectivity index (χ1) is 12.4. The number of hydrogen-bond acceptors (Lipinski definition) is 2. The van der Waals surface area contributed by atoms with Crippen LogP contribution < -0.4 is 5.32 Å². The maximum atomic E-state index is 13.0. The molecule has 3 rings (SSSR count). The lowest BCUT2D eigenvalue weighted by atomic mass is 10.0. The smallest absolute Gasteiger partial charge is 0.255 e. The molecule has 0 bridgehead atoms. The Morgan fingerprint density at radius 2 is 1.92 bits per heavy atom. The summed E-state index contributed by atoms with van der Waals surface area (Å²) in [6.07, 6.45) is 0.602. The van der Waals surface area contributed by atoms with Crippen LogP contribution in [0.15, 0.2) is 42.5 Å². The molecule has 1 aliphatic rings. The van der Waals surface area contributed by atoms with E-state index < -0.39 is 6.04 Å². The SMILES string of the molecule is Cc1c(Cl)cccc1NC(=O)[C@H](CC(C)C)N1Cc2ccccc2C1=O. The number of fused-ring (bicyclic) bond motifs is 1. The second-order valence-electron chi connectivity index (χ2n) is 7.14. The van der Waals surface area contributed by atoms with Gasteiger partial charge in [0.1, 0.15) is 6.04 Å². The standard InChI is InChI=1S/C21H23ClN2O2/c1-13(2)11-19(20(25)23-18-10-6-9-17(22)14(18)3)24-12-15-7-4-5-8-16(15)21(24)26/h4-10,13,19H,11-12H2,1-3H3,(H,23,25)/t19-/m0/s1. The predicted octanol–water partition coefficient (Wildman–Crippen LogP) is 4.66. The molecule has 1 aliphatic heterocycles. The molecular formula is C21H23ClN2O2. The number of carbonyl (C=O) groups is 2. The van der Waals surface area contributed by atoms with Gasteiger partial charge in [-0.1, -0.05) is 49.7 Å². The van der Waals surface area contributed by atoms with Crippen molar-refractivity contribution in [3.63, 3.8) is 0 Å².